The summed E-state index contributed by atoms with van der Waals surface area (Å²) in [6.45, 7) is 0. The molecule has 0 saturated carbocycles. The normalized spacial score (nSPS) is 9.36. The lowest BCUT2D eigenvalue weighted by atomic mass is 9.88. The Morgan fingerprint density at radius 3 is 2.82 bits per heavy atom. The van der Waals surface area contributed by atoms with E-state index < -0.39 is 0 Å². The Morgan fingerprint density at radius 1 is 1.55 bits per heavy atom. The lowest BCUT2D eigenvalue weighted by Crippen LogP contribution is -2.15. The van der Waals surface area contributed by atoms with Crippen molar-refractivity contribution in [3.63, 3.8) is 0 Å². The van der Waals surface area contributed by atoms with E-state index in [1.807, 2.05) is 18.2 Å². The van der Waals surface area contributed by atoms with Crippen molar-refractivity contribution in [2.75, 3.05) is 7.11 Å². The van der Waals surface area contributed by atoms with Crippen LogP contribution >= 0.6 is 15.9 Å². The first-order chi connectivity index (χ1) is 5.27. The van der Waals surface area contributed by atoms with E-state index in [9.17, 15) is 0 Å². The van der Waals surface area contributed by atoms with E-state index in [0.717, 1.165) is 15.7 Å². The largest absolute Gasteiger partial charge is 0.497 e. The minimum Gasteiger partial charge on any atom is -0.497 e. The van der Waals surface area contributed by atoms with Crippen LogP contribution in [0.5, 0.6) is 5.75 Å². The van der Waals surface area contributed by atoms with Gasteiger partial charge >= 0.3 is 7.48 Å². The molecule has 0 fully saturated rings. The van der Waals surface area contributed by atoms with Crippen molar-refractivity contribution in [3.05, 3.63) is 22.7 Å². The summed E-state index contributed by atoms with van der Waals surface area (Å²) in [4.78, 5) is 0. The maximum Gasteiger partial charge on any atom is 0.308 e. The Hall–Kier alpha value is -0.475. The van der Waals surface area contributed by atoms with Gasteiger partial charge in [0.15, 0.2) is 0 Å². The Kier molecular flexibility index (Phi) is 2.97. The third kappa shape index (κ3) is 1.98. The average molecular weight is 215 g/mol. The Morgan fingerprint density at radius 2 is 2.27 bits per heavy atom. The molecule has 1 rings (SSSR count). The first-order valence-electron chi connectivity index (χ1n) is 3.21. The van der Waals surface area contributed by atoms with Gasteiger partial charge in [-0.15, -0.1) is 0 Å². The van der Waals surface area contributed by atoms with Gasteiger partial charge in [0.05, 0.1) is 7.11 Å². The third-order valence-corrected chi connectivity index (χ3v) is 1.91. The van der Waals surface area contributed by atoms with E-state index in [4.69, 9.17) is 9.76 Å². The van der Waals surface area contributed by atoms with Gasteiger partial charge in [0, 0.05) is 4.47 Å². The van der Waals surface area contributed by atoms with E-state index in [1.165, 1.54) is 0 Å². The summed E-state index contributed by atoms with van der Waals surface area (Å²) < 4.78 is 5.96. The maximum absolute atomic E-state index is 8.87. The smallest absolute Gasteiger partial charge is 0.308 e. The van der Waals surface area contributed by atoms with Gasteiger partial charge in [-0.2, -0.15) is 0 Å². The molecule has 0 spiro atoms. The van der Waals surface area contributed by atoms with Crippen LogP contribution in [0.4, 0.5) is 0 Å². The quantitative estimate of drug-likeness (QED) is 0.724. The van der Waals surface area contributed by atoms with Crippen LogP contribution in [0.3, 0.4) is 0 Å². The van der Waals surface area contributed by atoms with Gasteiger partial charge in [0.25, 0.3) is 0 Å². The van der Waals surface area contributed by atoms with E-state index in [2.05, 4.69) is 15.9 Å². The number of benzene rings is 1. The minimum absolute atomic E-state index is 0.00259. The molecule has 58 valence electrons. The van der Waals surface area contributed by atoms with E-state index in [-0.39, 0.29) is 7.48 Å². The number of ether oxygens (including phenoxy) is 1. The SMILES string of the molecule is COc1ccc(Br)cc1BO. The molecule has 0 radical (unpaired) electrons. The van der Waals surface area contributed by atoms with Crippen LogP contribution < -0.4 is 10.2 Å². The molecule has 2 nitrogen and oxygen atoms in total. The lowest BCUT2D eigenvalue weighted by Gasteiger charge is -2.04. The molecule has 11 heavy (non-hydrogen) atoms. The second-order valence-electron chi connectivity index (χ2n) is 2.11. The van der Waals surface area contributed by atoms with Gasteiger partial charge in [-0.05, 0) is 23.7 Å². The highest BCUT2D eigenvalue weighted by molar-refractivity contribution is 9.10. The van der Waals surface area contributed by atoms with Crippen molar-refractivity contribution in [1.82, 2.24) is 0 Å². The monoisotopic (exact) mass is 214 g/mol. The molecule has 1 aromatic rings. The molecular weight excluding hydrogens is 207 g/mol. The summed E-state index contributed by atoms with van der Waals surface area (Å²) in [5.74, 6) is 0.718. The summed E-state index contributed by atoms with van der Waals surface area (Å²) >= 11 is 3.30. The van der Waals surface area contributed by atoms with Gasteiger partial charge in [-0.3, -0.25) is 0 Å². The molecule has 0 aliphatic heterocycles. The highest BCUT2D eigenvalue weighted by Gasteiger charge is 2.02. The maximum atomic E-state index is 8.87. The standard InChI is InChI=1S/C7H8BBrO2/c1-11-7-3-2-5(9)4-6(7)8-10/h2-4,8,10H,1H3. The highest BCUT2D eigenvalue weighted by Crippen LogP contribution is 2.12. The average Bonchev–Trinajstić information content (AvgIpc) is 2.04. The summed E-state index contributed by atoms with van der Waals surface area (Å²) in [7, 11) is 1.59. The fourth-order valence-corrected chi connectivity index (χ4v) is 1.28. The van der Waals surface area contributed by atoms with E-state index in [1.54, 1.807) is 7.11 Å². The zero-order valence-corrected chi connectivity index (χ0v) is 7.76. The molecule has 1 N–H and O–H groups in total. The summed E-state index contributed by atoms with van der Waals surface area (Å²) in [5, 5.41) is 8.87. The van der Waals surface area contributed by atoms with E-state index >= 15 is 0 Å². The molecular formula is C7H8BBrO2. The minimum atomic E-state index is 0.00259. The lowest BCUT2D eigenvalue weighted by molar-refractivity contribution is 0.417. The van der Waals surface area contributed by atoms with Gasteiger partial charge in [-0.25, -0.2) is 0 Å². The molecule has 0 aliphatic rings. The first kappa shape index (κ1) is 8.62. The highest BCUT2D eigenvalue weighted by atomic mass is 79.9. The Balaban J connectivity index is 3.06. The Labute approximate surface area is 74.6 Å². The zero-order valence-electron chi connectivity index (χ0n) is 6.17. The van der Waals surface area contributed by atoms with Crippen LogP contribution in [-0.4, -0.2) is 19.6 Å². The first-order valence-corrected chi connectivity index (χ1v) is 4.00. The van der Waals surface area contributed by atoms with Gasteiger partial charge in [0.2, 0.25) is 0 Å². The summed E-state index contributed by atoms with van der Waals surface area (Å²) in [5.41, 5.74) is 0.793. The van der Waals surface area contributed by atoms with E-state index in [0.29, 0.717) is 0 Å². The summed E-state index contributed by atoms with van der Waals surface area (Å²) in [6.07, 6.45) is 0. The number of rotatable bonds is 2. The van der Waals surface area contributed by atoms with Crippen molar-refractivity contribution in [1.29, 1.82) is 0 Å². The molecule has 0 atom stereocenters. The molecule has 1 aromatic carbocycles. The molecule has 0 heterocycles. The molecule has 4 heteroatoms. The van der Waals surface area contributed by atoms with Gasteiger partial charge in [-0.1, -0.05) is 15.9 Å². The summed E-state index contributed by atoms with van der Waals surface area (Å²) in [6, 6.07) is 5.52. The van der Waals surface area contributed by atoms with Crippen LogP contribution in [0.1, 0.15) is 0 Å². The fourth-order valence-electron chi connectivity index (χ4n) is 0.871. The van der Waals surface area contributed by atoms with Gasteiger partial charge in [0.1, 0.15) is 5.75 Å². The number of methoxy groups -OCH3 is 1. The van der Waals surface area contributed by atoms with Crippen molar-refractivity contribution < 1.29 is 9.76 Å². The van der Waals surface area contributed by atoms with Crippen molar-refractivity contribution in [2.24, 2.45) is 0 Å². The number of halogens is 1. The second kappa shape index (κ2) is 3.78. The van der Waals surface area contributed by atoms with Crippen LogP contribution in [0.2, 0.25) is 0 Å². The third-order valence-electron chi connectivity index (χ3n) is 1.41. The number of hydrogen-bond donors (Lipinski definition) is 1. The molecule has 0 saturated heterocycles. The van der Waals surface area contributed by atoms with Crippen LogP contribution in [0.15, 0.2) is 22.7 Å². The zero-order chi connectivity index (χ0) is 8.27. The van der Waals surface area contributed by atoms with Crippen LogP contribution in [-0.2, 0) is 0 Å². The molecule has 0 aliphatic carbocycles. The predicted octanol–water partition coefficient (Wildman–Crippen LogP) is 0.427. The molecule has 0 bridgehead atoms. The van der Waals surface area contributed by atoms with Crippen molar-refractivity contribution in [3.8, 4) is 5.75 Å². The van der Waals surface area contributed by atoms with Crippen LogP contribution in [0, 0.1) is 0 Å². The fraction of sp³-hybridized carbons (Fsp3) is 0.143. The molecule has 0 unspecified atom stereocenters. The van der Waals surface area contributed by atoms with Crippen LogP contribution in [0.25, 0.3) is 0 Å². The topological polar surface area (TPSA) is 29.5 Å². The molecule has 0 aromatic heterocycles. The van der Waals surface area contributed by atoms with Gasteiger partial charge < -0.3 is 9.76 Å². The Bertz CT molecular complexity index is 252. The molecule has 0 amide bonds. The predicted molar refractivity (Wildman–Crippen MR) is 49.7 cm³/mol. The van der Waals surface area contributed by atoms with Crippen molar-refractivity contribution in [2.45, 2.75) is 0 Å². The second-order valence-corrected chi connectivity index (χ2v) is 3.03. The van der Waals surface area contributed by atoms with Crippen molar-refractivity contribution >= 4 is 28.9 Å². The number of hydrogen-bond acceptors (Lipinski definition) is 2.